The molecule has 0 spiro atoms. The first-order valence-electron chi connectivity index (χ1n) is 7.55. The highest BCUT2D eigenvalue weighted by atomic mass is 16.5. The van der Waals surface area contributed by atoms with Gasteiger partial charge < -0.3 is 14.9 Å². The Balaban J connectivity index is 2.44. The average molecular weight is 322 g/mol. The molecule has 6 nitrogen and oxygen atoms in total. The van der Waals surface area contributed by atoms with E-state index in [9.17, 15) is 14.4 Å². The van der Waals surface area contributed by atoms with Gasteiger partial charge in [-0.3, -0.25) is 4.79 Å². The topological polar surface area (TPSA) is 101 Å². The molecule has 126 valence electrons. The first kappa shape index (κ1) is 18.7. The number of aliphatic carboxylic acids is 1. The molecule has 0 aliphatic carbocycles. The third kappa shape index (κ3) is 6.10. The van der Waals surface area contributed by atoms with E-state index in [-0.39, 0.29) is 29.6 Å². The predicted octanol–water partition coefficient (Wildman–Crippen LogP) is 3.07. The van der Waals surface area contributed by atoms with Crippen molar-refractivity contribution in [2.75, 3.05) is 6.61 Å². The molecular weight excluding hydrogens is 300 g/mol. The Morgan fingerprint density at radius 2 is 1.65 bits per heavy atom. The van der Waals surface area contributed by atoms with Crippen LogP contribution in [0, 0.1) is 11.8 Å². The number of ether oxygens (including phenoxy) is 1. The number of carbonyl (C=O) groups is 3. The number of rotatable bonds is 9. The minimum atomic E-state index is -1.17. The summed E-state index contributed by atoms with van der Waals surface area (Å²) >= 11 is 0. The summed E-state index contributed by atoms with van der Waals surface area (Å²) < 4.78 is 5.17. The SMILES string of the molecule is CC(CCCC(C)C(=O)O)COC(=O)c1ccccc1C(=O)O. The molecule has 0 saturated heterocycles. The zero-order chi connectivity index (χ0) is 17.4. The van der Waals surface area contributed by atoms with Crippen molar-refractivity contribution in [3.05, 3.63) is 35.4 Å². The maximum absolute atomic E-state index is 12.0. The third-order valence-electron chi connectivity index (χ3n) is 3.63. The molecule has 2 atom stereocenters. The first-order chi connectivity index (χ1) is 10.8. The van der Waals surface area contributed by atoms with Crippen LogP contribution in [0.25, 0.3) is 0 Å². The van der Waals surface area contributed by atoms with E-state index in [0.29, 0.717) is 6.42 Å². The second-order valence-corrected chi connectivity index (χ2v) is 5.72. The lowest BCUT2D eigenvalue weighted by atomic mass is 9.99. The van der Waals surface area contributed by atoms with Gasteiger partial charge in [-0.15, -0.1) is 0 Å². The Kier molecular flexibility index (Phi) is 7.25. The van der Waals surface area contributed by atoms with E-state index in [2.05, 4.69) is 0 Å². The number of esters is 1. The number of aromatic carboxylic acids is 1. The second kappa shape index (κ2) is 8.92. The molecule has 6 heteroatoms. The van der Waals surface area contributed by atoms with Gasteiger partial charge in [0.25, 0.3) is 0 Å². The highest BCUT2D eigenvalue weighted by Gasteiger charge is 2.18. The summed E-state index contributed by atoms with van der Waals surface area (Å²) in [5.74, 6) is -2.94. The van der Waals surface area contributed by atoms with Crippen molar-refractivity contribution >= 4 is 17.9 Å². The second-order valence-electron chi connectivity index (χ2n) is 5.72. The fourth-order valence-corrected chi connectivity index (χ4v) is 2.12. The van der Waals surface area contributed by atoms with Crippen LogP contribution < -0.4 is 0 Å². The van der Waals surface area contributed by atoms with Crippen LogP contribution in [-0.4, -0.2) is 34.7 Å². The largest absolute Gasteiger partial charge is 0.481 e. The lowest BCUT2D eigenvalue weighted by Crippen LogP contribution is -2.16. The van der Waals surface area contributed by atoms with E-state index in [1.165, 1.54) is 12.1 Å². The molecule has 2 unspecified atom stereocenters. The zero-order valence-corrected chi connectivity index (χ0v) is 13.3. The van der Waals surface area contributed by atoms with Gasteiger partial charge in [0, 0.05) is 0 Å². The molecule has 0 fully saturated rings. The summed E-state index contributed by atoms with van der Waals surface area (Å²) in [6.45, 7) is 3.74. The number of hydrogen-bond acceptors (Lipinski definition) is 4. The van der Waals surface area contributed by atoms with Crippen molar-refractivity contribution < 1.29 is 29.3 Å². The monoisotopic (exact) mass is 322 g/mol. The van der Waals surface area contributed by atoms with Crippen molar-refractivity contribution in [2.24, 2.45) is 11.8 Å². The number of benzene rings is 1. The van der Waals surface area contributed by atoms with E-state index >= 15 is 0 Å². The average Bonchev–Trinajstić information content (AvgIpc) is 2.52. The Hall–Kier alpha value is -2.37. The van der Waals surface area contributed by atoms with Crippen LogP contribution in [0.5, 0.6) is 0 Å². The van der Waals surface area contributed by atoms with Gasteiger partial charge in [0.2, 0.25) is 0 Å². The predicted molar refractivity (Wildman–Crippen MR) is 83.5 cm³/mol. The number of carboxylic acids is 2. The van der Waals surface area contributed by atoms with Crippen LogP contribution in [-0.2, 0) is 9.53 Å². The Morgan fingerprint density at radius 3 is 2.22 bits per heavy atom. The van der Waals surface area contributed by atoms with E-state index in [0.717, 1.165) is 12.8 Å². The van der Waals surface area contributed by atoms with Gasteiger partial charge in [0.15, 0.2) is 0 Å². The van der Waals surface area contributed by atoms with E-state index < -0.39 is 17.9 Å². The molecule has 0 aliphatic rings. The summed E-state index contributed by atoms with van der Waals surface area (Å²) in [5, 5.41) is 17.9. The summed E-state index contributed by atoms with van der Waals surface area (Å²) in [6, 6.07) is 5.91. The third-order valence-corrected chi connectivity index (χ3v) is 3.63. The zero-order valence-electron chi connectivity index (χ0n) is 13.3. The molecule has 1 rings (SSSR count). The quantitative estimate of drug-likeness (QED) is 0.678. The van der Waals surface area contributed by atoms with E-state index in [1.807, 2.05) is 6.92 Å². The lowest BCUT2D eigenvalue weighted by Gasteiger charge is -2.13. The highest BCUT2D eigenvalue weighted by Crippen LogP contribution is 2.15. The molecule has 0 saturated carbocycles. The molecule has 0 bridgehead atoms. The molecule has 0 radical (unpaired) electrons. The van der Waals surface area contributed by atoms with Crippen LogP contribution in [0.15, 0.2) is 24.3 Å². The highest BCUT2D eigenvalue weighted by molar-refractivity contribution is 6.02. The van der Waals surface area contributed by atoms with Gasteiger partial charge in [-0.25, -0.2) is 9.59 Å². The van der Waals surface area contributed by atoms with Crippen molar-refractivity contribution in [1.29, 1.82) is 0 Å². The number of carbonyl (C=O) groups excluding carboxylic acids is 1. The molecule has 0 aromatic heterocycles. The van der Waals surface area contributed by atoms with Crippen molar-refractivity contribution in [3.8, 4) is 0 Å². The van der Waals surface area contributed by atoms with Crippen LogP contribution in [0.3, 0.4) is 0 Å². The standard InChI is InChI=1S/C17H22O6/c1-11(6-5-7-12(2)15(18)19)10-23-17(22)14-9-4-3-8-13(14)16(20)21/h3-4,8-9,11-12H,5-7,10H2,1-2H3,(H,18,19)(H,20,21). The van der Waals surface area contributed by atoms with E-state index in [4.69, 9.17) is 14.9 Å². The van der Waals surface area contributed by atoms with Gasteiger partial charge in [-0.1, -0.05) is 32.4 Å². The summed E-state index contributed by atoms with van der Waals surface area (Å²) in [6.07, 6.45) is 2.05. The van der Waals surface area contributed by atoms with Gasteiger partial charge in [0.1, 0.15) is 0 Å². The number of hydrogen-bond donors (Lipinski definition) is 2. The Labute approximate surface area is 135 Å². The van der Waals surface area contributed by atoms with E-state index in [1.54, 1.807) is 19.1 Å². The number of carboxylic acid groups (broad SMARTS) is 2. The smallest absolute Gasteiger partial charge is 0.339 e. The van der Waals surface area contributed by atoms with Crippen molar-refractivity contribution in [1.82, 2.24) is 0 Å². The summed E-state index contributed by atoms with van der Waals surface area (Å²) in [5.41, 5.74) is -0.0489. The van der Waals surface area contributed by atoms with Gasteiger partial charge in [-0.2, -0.15) is 0 Å². The molecular formula is C17H22O6. The minimum absolute atomic E-state index is 0.0340. The van der Waals surface area contributed by atoms with Crippen LogP contribution in [0.2, 0.25) is 0 Å². The molecule has 1 aromatic carbocycles. The lowest BCUT2D eigenvalue weighted by molar-refractivity contribution is -0.141. The normalized spacial score (nSPS) is 13.1. The van der Waals surface area contributed by atoms with Gasteiger partial charge in [-0.05, 0) is 30.9 Å². The first-order valence-corrected chi connectivity index (χ1v) is 7.55. The molecule has 0 heterocycles. The maximum Gasteiger partial charge on any atom is 0.339 e. The fourth-order valence-electron chi connectivity index (χ4n) is 2.12. The van der Waals surface area contributed by atoms with Gasteiger partial charge in [0.05, 0.1) is 23.7 Å². The molecule has 1 aromatic rings. The summed E-state index contributed by atoms with van der Waals surface area (Å²) in [4.78, 5) is 33.8. The maximum atomic E-state index is 12.0. The van der Waals surface area contributed by atoms with Crippen molar-refractivity contribution in [2.45, 2.75) is 33.1 Å². The molecule has 0 aliphatic heterocycles. The molecule has 23 heavy (non-hydrogen) atoms. The molecule has 2 N–H and O–H groups in total. The molecule has 0 amide bonds. The minimum Gasteiger partial charge on any atom is -0.481 e. The van der Waals surface area contributed by atoms with Crippen LogP contribution >= 0.6 is 0 Å². The van der Waals surface area contributed by atoms with Crippen LogP contribution in [0.4, 0.5) is 0 Å². The Bertz CT molecular complexity index is 566. The fraction of sp³-hybridized carbons (Fsp3) is 0.471. The summed E-state index contributed by atoms with van der Waals surface area (Å²) in [7, 11) is 0. The van der Waals surface area contributed by atoms with Crippen LogP contribution in [0.1, 0.15) is 53.8 Å². The van der Waals surface area contributed by atoms with Gasteiger partial charge >= 0.3 is 17.9 Å². The van der Waals surface area contributed by atoms with Crippen molar-refractivity contribution in [3.63, 3.8) is 0 Å². The Morgan fingerprint density at radius 1 is 1.04 bits per heavy atom.